The van der Waals surface area contributed by atoms with Gasteiger partial charge in [0, 0.05) is 6.42 Å². The SMILES string of the molecule is CCCCC/C=C/CC1OC1CCCCCCC[C]=O. The molecule has 0 aliphatic carbocycles. The van der Waals surface area contributed by atoms with Crippen molar-refractivity contribution in [2.24, 2.45) is 0 Å². The predicted molar refractivity (Wildman–Crippen MR) is 84.6 cm³/mol. The van der Waals surface area contributed by atoms with Gasteiger partial charge in [-0.05, 0) is 32.1 Å². The van der Waals surface area contributed by atoms with Gasteiger partial charge in [-0.1, -0.05) is 57.6 Å². The molecule has 1 heterocycles. The minimum Gasteiger partial charge on any atom is -0.369 e. The van der Waals surface area contributed by atoms with Crippen molar-refractivity contribution >= 4 is 6.29 Å². The molecule has 1 rings (SSSR count). The van der Waals surface area contributed by atoms with E-state index in [4.69, 9.17) is 4.74 Å². The summed E-state index contributed by atoms with van der Waals surface area (Å²) in [5.74, 6) is 0. The fourth-order valence-electron chi connectivity index (χ4n) is 2.57. The second-order valence-electron chi connectivity index (χ2n) is 5.87. The highest BCUT2D eigenvalue weighted by Gasteiger charge is 2.36. The average molecular weight is 279 g/mol. The van der Waals surface area contributed by atoms with Crippen molar-refractivity contribution in [1.29, 1.82) is 0 Å². The first-order valence-corrected chi connectivity index (χ1v) is 8.54. The van der Waals surface area contributed by atoms with E-state index < -0.39 is 0 Å². The lowest BCUT2D eigenvalue weighted by atomic mass is 10.1. The Balaban J connectivity index is 1.82. The molecule has 0 aromatic rings. The molecular formula is C18H31O2. The molecule has 0 aromatic heterocycles. The molecule has 2 heteroatoms. The highest BCUT2D eigenvalue weighted by atomic mass is 16.6. The number of hydrogen-bond donors (Lipinski definition) is 0. The number of epoxide rings is 1. The molecule has 0 N–H and O–H groups in total. The average Bonchev–Trinajstić information content (AvgIpc) is 3.20. The summed E-state index contributed by atoms with van der Waals surface area (Å²) in [4.78, 5) is 10.0. The Kier molecular flexibility index (Phi) is 10.6. The molecule has 1 aliphatic rings. The summed E-state index contributed by atoms with van der Waals surface area (Å²) in [6, 6.07) is 0. The Morgan fingerprint density at radius 3 is 2.55 bits per heavy atom. The lowest BCUT2D eigenvalue weighted by molar-refractivity contribution is 0.358. The van der Waals surface area contributed by atoms with E-state index >= 15 is 0 Å². The minimum absolute atomic E-state index is 0.502. The largest absolute Gasteiger partial charge is 0.369 e. The van der Waals surface area contributed by atoms with Gasteiger partial charge < -0.3 is 4.74 Å². The van der Waals surface area contributed by atoms with Crippen LogP contribution in [-0.2, 0) is 9.53 Å². The molecule has 0 saturated carbocycles. The van der Waals surface area contributed by atoms with Crippen LogP contribution < -0.4 is 0 Å². The molecule has 0 amide bonds. The van der Waals surface area contributed by atoms with Crippen molar-refractivity contribution in [2.75, 3.05) is 0 Å². The van der Waals surface area contributed by atoms with E-state index in [0.717, 1.165) is 12.8 Å². The zero-order valence-electron chi connectivity index (χ0n) is 13.1. The van der Waals surface area contributed by atoms with Crippen LogP contribution in [0.3, 0.4) is 0 Å². The number of carbonyl (C=O) groups excluding carboxylic acids is 1. The zero-order chi connectivity index (χ0) is 14.5. The van der Waals surface area contributed by atoms with E-state index in [9.17, 15) is 4.79 Å². The van der Waals surface area contributed by atoms with Crippen LogP contribution in [0.4, 0.5) is 0 Å². The Morgan fingerprint density at radius 1 is 0.950 bits per heavy atom. The monoisotopic (exact) mass is 279 g/mol. The molecule has 0 bridgehead atoms. The molecule has 1 aliphatic heterocycles. The highest BCUT2D eigenvalue weighted by Crippen LogP contribution is 2.30. The van der Waals surface area contributed by atoms with Crippen LogP contribution in [0.15, 0.2) is 12.2 Å². The van der Waals surface area contributed by atoms with Crippen molar-refractivity contribution in [3.8, 4) is 0 Å². The van der Waals surface area contributed by atoms with Crippen molar-refractivity contribution < 1.29 is 9.53 Å². The lowest BCUT2D eigenvalue weighted by Gasteiger charge is -1.98. The summed E-state index contributed by atoms with van der Waals surface area (Å²) in [6.45, 7) is 2.24. The molecule has 2 nitrogen and oxygen atoms in total. The maximum atomic E-state index is 10.0. The van der Waals surface area contributed by atoms with Gasteiger partial charge in [0.1, 0.15) is 0 Å². The van der Waals surface area contributed by atoms with Gasteiger partial charge in [0.25, 0.3) is 0 Å². The topological polar surface area (TPSA) is 29.6 Å². The summed E-state index contributed by atoms with van der Waals surface area (Å²) in [7, 11) is 0. The molecule has 0 spiro atoms. The smallest absolute Gasteiger partial charge is 0.198 e. The third-order valence-electron chi connectivity index (χ3n) is 3.96. The molecule has 115 valence electrons. The number of rotatable bonds is 14. The second-order valence-corrected chi connectivity index (χ2v) is 5.87. The van der Waals surface area contributed by atoms with Crippen LogP contribution in [-0.4, -0.2) is 18.5 Å². The van der Waals surface area contributed by atoms with Crippen molar-refractivity contribution in [2.45, 2.75) is 96.2 Å². The Hall–Kier alpha value is -0.630. The summed E-state index contributed by atoms with van der Waals surface area (Å²) in [6.07, 6.45) is 21.7. The first-order chi connectivity index (χ1) is 9.88. The van der Waals surface area contributed by atoms with Crippen molar-refractivity contribution in [1.82, 2.24) is 0 Å². The van der Waals surface area contributed by atoms with Crippen LogP contribution in [0.1, 0.15) is 84.0 Å². The molecular weight excluding hydrogens is 248 g/mol. The second kappa shape index (κ2) is 12.1. The molecule has 2 unspecified atom stereocenters. The third kappa shape index (κ3) is 9.30. The molecule has 1 radical (unpaired) electrons. The Morgan fingerprint density at radius 2 is 1.75 bits per heavy atom. The molecule has 2 atom stereocenters. The third-order valence-corrected chi connectivity index (χ3v) is 3.96. The molecule has 1 saturated heterocycles. The van der Waals surface area contributed by atoms with Gasteiger partial charge in [-0.3, -0.25) is 4.79 Å². The van der Waals surface area contributed by atoms with Gasteiger partial charge >= 0.3 is 0 Å². The molecule has 0 aromatic carbocycles. The van der Waals surface area contributed by atoms with E-state index in [2.05, 4.69) is 19.1 Å². The fraction of sp³-hybridized carbons (Fsp3) is 0.833. The predicted octanol–water partition coefficient (Wildman–Crippen LogP) is 5.12. The van der Waals surface area contributed by atoms with Gasteiger partial charge in [0.15, 0.2) is 6.29 Å². The summed E-state index contributed by atoms with van der Waals surface area (Å²) < 4.78 is 5.69. The standard InChI is InChI=1S/C18H31O2/c1-2-3-4-5-8-11-14-17-18(20-17)15-12-9-6-7-10-13-16-19/h8,11,17-18H,2-7,9-10,12-15H2,1H3/b11-8+. The maximum absolute atomic E-state index is 10.0. The van der Waals surface area contributed by atoms with Gasteiger partial charge in [0.05, 0.1) is 12.2 Å². The summed E-state index contributed by atoms with van der Waals surface area (Å²) in [5.41, 5.74) is 0. The number of hydrogen-bond acceptors (Lipinski definition) is 2. The van der Waals surface area contributed by atoms with E-state index in [0.29, 0.717) is 18.6 Å². The minimum atomic E-state index is 0.502. The molecule has 1 fully saturated rings. The maximum Gasteiger partial charge on any atom is 0.198 e. The van der Waals surface area contributed by atoms with Crippen LogP contribution in [0.2, 0.25) is 0 Å². The van der Waals surface area contributed by atoms with Crippen LogP contribution in [0.5, 0.6) is 0 Å². The first-order valence-electron chi connectivity index (χ1n) is 8.54. The van der Waals surface area contributed by atoms with Gasteiger partial charge in [-0.2, -0.15) is 0 Å². The van der Waals surface area contributed by atoms with Crippen molar-refractivity contribution in [3.05, 3.63) is 12.2 Å². The van der Waals surface area contributed by atoms with Gasteiger partial charge in [-0.25, -0.2) is 0 Å². The van der Waals surface area contributed by atoms with E-state index in [-0.39, 0.29) is 0 Å². The van der Waals surface area contributed by atoms with E-state index in [1.165, 1.54) is 57.8 Å². The van der Waals surface area contributed by atoms with E-state index in [1.807, 2.05) is 6.29 Å². The number of unbranched alkanes of at least 4 members (excludes halogenated alkanes) is 8. The first kappa shape index (κ1) is 17.4. The van der Waals surface area contributed by atoms with Gasteiger partial charge in [-0.15, -0.1) is 0 Å². The Bertz CT molecular complexity index is 260. The number of allylic oxidation sites excluding steroid dienone is 1. The van der Waals surface area contributed by atoms with E-state index in [1.54, 1.807) is 0 Å². The Labute approximate surface area is 125 Å². The fourth-order valence-corrected chi connectivity index (χ4v) is 2.57. The number of ether oxygens (including phenoxy) is 1. The summed E-state index contributed by atoms with van der Waals surface area (Å²) >= 11 is 0. The van der Waals surface area contributed by atoms with Crippen LogP contribution in [0, 0.1) is 0 Å². The summed E-state index contributed by atoms with van der Waals surface area (Å²) in [5, 5.41) is 0. The molecule has 20 heavy (non-hydrogen) atoms. The highest BCUT2D eigenvalue weighted by molar-refractivity contribution is 5.50. The van der Waals surface area contributed by atoms with Crippen LogP contribution in [0.25, 0.3) is 0 Å². The zero-order valence-corrected chi connectivity index (χ0v) is 13.1. The lowest BCUT2D eigenvalue weighted by Crippen LogP contribution is -1.93. The normalized spacial score (nSPS) is 21.4. The van der Waals surface area contributed by atoms with Crippen LogP contribution >= 0.6 is 0 Å². The van der Waals surface area contributed by atoms with Crippen molar-refractivity contribution in [3.63, 3.8) is 0 Å². The quantitative estimate of drug-likeness (QED) is 0.251. The van der Waals surface area contributed by atoms with Gasteiger partial charge in [0.2, 0.25) is 0 Å².